The van der Waals surface area contributed by atoms with Crippen molar-refractivity contribution in [3.8, 4) is 5.75 Å². The minimum atomic E-state index is -0.504. The standard InChI is InChI=1S/C21H26N2O3/c1-3-19(21(25)22-2)23(15-14-17-10-6-4-7-11-17)20(24)16-26-18-12-8-5-9-13-18/h4-13,19H,3,14-16H2,1-2H3,(H,22,25)/t19-/m1/s1. The largest absolute Gasteiger partial charge is 0.484 e. The SMILES string of the molecule is CC[C@H](C(=O)NC)N(CCc1ccccc1)C(=O)COc1ccccc1. The van der Waals surface area contributed by atoms with E-state index in [9.17, 15) is 9.59 Å². The number of hydrogen-bond acceptors (Lipinski definition) is 3. The molecule has 0 unspecified atom stereocenters. The van der Waals surface area contributed by atoms with Gasteiger partial charge >= 0.3 is 0 Å². The number of ether oxygens (including phenoxy) is 1. The summed E-state index contributed by atoms with van der Waals surface area (Å²) in [7, 11) is 1.59. The quantitative estimate of drug-likeness (QED) is 0.753. The molecule has 0 radical (unpaired) electrons. The zero-order chi connectivity index (χ0) is 18.8. The van der Waals surface area contributed by atoms with Gasteiger partial charge in [-0.25, -0.2) is 0 Å². The smallest absolute Gasteiger partial charge is 0.261 e. The molecule has 0 fully saturated rings. The lowest BCUT2D eigenvalue weighted by Crippen LogP contribution is -2.50. The van der Waals surface area contributed by atoms with E-state index in [-0.39, 0.29) is 18.4 Å². The molecule has 0 saturated carbocycles. The van der Waals surface area contributed by atoms with Crippen LogP contribution in [0.25, 0.3) is 0 Å². The molecule has 0 aliphatic carbocycles. The van der Waals surface area contributed by atoms with Crippen molar-refractivity contribution in [2.45, 2.75) is 25.8 Å². The Labute approximate surface area is 155 Å². The van der Waals surface area contributed by atoms with E-state index in [4.69, 9.17) is 4.74 Å². The Morgan fingerprint density at radius 1 is 1.04 bits per heavy atom. The number of rotatable bonds is 9. The van der Waals surface area contributed by atoms with Crippen LogP contribution in [-0.4, -0.2) is 43.0 Å². The number of carbonyl (C=O) groups is 2. The fourth-order valence-electron chi connectivity index (χ4n) is 2.81. The minimum Gasteiger partial charge on any atom is -0.484 e. The van der Waals surface area contributed by atoms with Gasteiger partial charge < -0.3 is 15.0 Å². The zero-order valence-electron chi connectivity index (χ0n) is 15.4. The van der Waals surface area contributed by atoms with Crippen molar-refractivity contribution in [1.29, 1.82) is 0 Å². The molecule has 2 aromatic rings. The number of hydrogen-bond donors (Lipinski definition) is 1. The third kappa shape index (κ3) is 5.62. The van der Waals surface area contributed by atoms with Crippen molar-refractivity contribution in [3.05, 3.63) is 66.2 Å². The summed E-state index contributed by atoms with van der Waals surface area (Å²) in [4.78, 5) is 26.6. The first kappa shape index (κ1) is 19.5. The van der Waals surface area contributed by atoms with Crippen LogP contribution in [0.15, 0.2) is 60.7 Å². The van der Waals surface area contributed by atoms with Gasteiger partial charge in [0, 0.05) is 13.6 Å². The first-order chi connectivity index (χ1) is 12.7. The first-order valence-corrected chi connectivity index (χ1v) is 8.88. The van der Waals surface area contributed by atoms with E-state index in [0.717, 1.165) is 5.56 Å². The van der Waals surface area contributed by atoms with Crippen molar-refractivity contribution in [1.82, 2.24) is 10.2 Å². The Bertz CT molecular complexity index is 689. The van der Waals surface area contributed by atoms with E-state index in [1.165, 1.54) is 0 Å². The number of carbonyl (C=O) groups excluding carboxylic acids is 2. The number of para-hydroxylation sites is 1. The predicted octanol–water partition coefficient (Wildman–Crippen LogP) is 2.66. The third-order valence-electron chi connectivity index (χ3n) is 4.22. The maximum absolute atomic E-state index is 12.8. The molecule has 0 saturated heterocycles. The van der Waals surface area contributed by atoms with Crippen molar-refractivity contribution in [3.63, 3.8) is 0 Å². The lowest BCUT2D eigenvalue weighted by molar-refractivity contribution is -0.142. The summed E-state index contributed by atoms with van der Waals surface area (Å²) >= 11 is 0. The Hall–Kier alpha value is -2.82. The van der Waals surface area contributed by atoms with Gasteiger partial charge in [0.15, 0.2) is 6.61 Å². The van der Waals surface area contributed by atoms with Crippen LogP contribution in [0.2, 0.25) is 0 Å². The molecular formula is C21H26N2O3. The second-order valence-electron chi connectivity index (χ2n) is 5.96. The van der Waals surface area contributed by atoms with Crippen LogP contribution in [0.4, 0.5) is 0 Å². The summed E-state index contributed by atoms with van der Waals surface area (Å²) in [5.74, 6) is 0.283. The van der Waals surface area contributed by atoms with Gasteiger partial charge in [0.2, 0.25) is 5.91 Å². The van der Waals surface area contributed by atoms with Crippen LogP contribution in [0.1, 0.15) is 18.9 Å². The van der Waals surface area contributed by atoms with Gasteiger partial charge in [0.1, 0.15) is 11.8 Å². The second kappa shape index (κ2) is 10.2. The number of nitrogens with zero attached hydrogens (tertiary/aromatic N) is 1. The molecule has 2 rings (SSSR count). The van der Waals surface area contributed by atoms with Gasteiger partial charge in [-0.3, -0.25) is 9.59 Å². The van der Waals surface area contributed by atoms with Crippen molar-refractivity contribution in [2.75, 3.05) is 20.2 Å². The maximum Gasteiger partial charge on any atom is 0.261 e. The van der Waals surface area contributed by atoms with Gasteiger partial charge in [0.25, 0.3) is 5.91 Å². The fraction of sp³-hybridized carbons (Fsp3) is 0.333. The van der Waals surface area contributed by atoms with Gasteiger partial charge in [0.05, 0.1) is 0 Å². The van der Waals surface area contributed by atoms with Crippen LogP contribution in [0.3, 0.4) is 0 Å². The summed E-state index contributed by atoms with van der Waals surface area (Å²) in [6.45, 7) is 2.28. The molecule has 0 spiro atoms. The highest BCUT2D eigenvalue weighted by molar-refractivity contribution is 5.88. The summed E-state index contributed by atoms with van der Waals surface area (Å²) in [6, 6.07) is 18.6. The zero-order valence-corrected chi connectivity index (χ0v) is 15.4. The summed E-state index contributed by atoms with van der Waals surface area (Å²) in [5, 5.41) is 2.65. The first-order valence-electron chi connectivity index (χ1n) is 8.88. The normalized spacial score (nSPS) is 11.5. The predicted molar refractivity (Wildman–Crippen MR) is 102 cm³/mol. The van der Waals surface area contributed by atoms with Crippen molar-refractivity contribution >= 4 is 11.8 Å². The summed E-state index contributed by atoms with van der Waals surface area (Å²) < 4.78 is 5.59. The summed E-state index contributed by atoms with van der Waals surface area (Å²) in [6.07, 6.45) is 1.23. The van der Waals surface area contributed by atoms with Crippen LogP contribution in [-0.2, 0) is 16.0 Å². The van der Waals surface area contributed by atoms with E-state index in [1.54, 1.807) is 24.1 Å². The third-order valence-corrected chi connectivity index (χ3v) is 4.22. The average Bonchev–Trinajstić information content (AvgIpc) is 2.70. The highest BCUT2D eigenvalue weighted by Gasteiger charge is 2.27. The number of nitrogens with one attached hydrogen (secondary N) is 1. The monoisotopic (exact) mass is 354 g/mol. The molecule has 0 aliphatic rings. The topological polar surface area (TPSA) is 58.6 Å². The Morgan fingerprint density at radius 2 is 1.65 bits per heavy atom. The van der Waals surface area contributed by atoms with E-state index in [2.05, 4.69) is 5.32 Å². The molecule has 2 aromatic carbocycles. The molecule has 1 atom stereocenters. The van der Waals surface area contributed by atoms with Crippen LogP contribution < -0.4 is 10.1 Å². The molecule has 138 valence electrons. The van der Waals surface area contributed by atoms with Gasteiger partial charge in [-0.05, 0) is 30.5 Å². The number of likely N-dealkylation sites (N-methyl/N-ethyl adjacent to an activating group) is 1. The van der Waals surface area contributed by atoms with E-state index >= 15 is 0 Å². The number of amides is 2. The van der Waals surface area contributed by atoms with Crippen LogP contribution >= 0.6 is 0 Å². The Kier molecular flexibility index (Phi) is 7.68. The van der Waals surface area contributed by atoms with Gasteiger partial charge in [-0.2, -0.15) is 0 Å². The molecule has 0 aromatic heterocycles. The van der Waals surface area contributed by atoms with Crippen LogP contribution in [0, 0.1) is 0 Å². The Morgan fingerprint density at radius 3 is 2.23 bits per heavy atom. The molecule has 2 amide bonds. The van der Waals surface area contributed by atoms with E-state index in [0.29, 0.717) is 25.1 Å². The molecule has 5 heteroatoms. The van der Waals surface area contributed by atoms with Crippen molar-refractivity contribution < 1.29 is 14.3 Å². The fourth-order valence-corrected chi connectivity index (χ4v) is 2.81. The van der Waals surface area contributed by atoms with Gasteiger partial charge in [-0.1, -0.05) is 55.5 Å². The molecule has 0 bridgehead atoms. The van der Waals surface area contributed by atoms with Crippen molar-refractivity contribution in [2.24, 2.45) is 0 Å². The van der Waals surface area contributed by atoms with E-state index < -0.39 is 6.04 Å². The molecule has 0 aliphatic heterocycles. The molecular weight excluding hydrogens is 328 g/mol. The molecule has 0 heterocycles. The minimum absolute atomic E-state index is 0.0910. The highest BCUT2D eigenvalue weighted by Crippen LogP contribution is 2.12. The number of benzene rings is 2. The molecule has 5 nitrogen and oxygen atoms in total. The second-order valence-corrected chi connectivity index (χ2v) is 5.96. The van der Waals surface area contributed by atoms with E-state index in [1.807, 2.05) is 55.5 Å². The van der Waals surface area contributed by atoms with Gasteiger partial charge in [-0.15, -0.1) is 0 Å². The average molecular weight is 354 g/mol. The molecule has 26 heavy (non-hydrogen) atoms. The highest BCUT2D eigenvalue weighted by atomic mass is 16.5. The Balaban J connectivity index is 2.07. The van der Waals surface area contributed by atoms with Crippen LogP contribution in [0.5, 0.6) is 5.75 Å². The lowest BCUT2D eigenvalue weighted by Gasteiger charge is -2.30. The lowest BCUT2D eigenvalue weighted by atomic mass is 10.1. The molecule has 1 N–H and O–H groups in total. The maximum atomic E-state index is 12.8. The summed E-state index contributed by atoms with van der Waals surface area (Å²) in [5.41, 5.74) is 1.13.